The molecule has 9 nitrogen and oxygen atoms in total. The predicted octanol–water partition coefficient (Wildman–Crippen LogP) is 3.66. The zero-order valence-corrected chi connectivity index (χ0v) is 18.4. The summed E-state index contributed by atoms with van der Waals surface area (Å²) in [6.07, 6.45) is 1.67. The Kier molecular flexibility index (Phi) is 7.24. The van der Waals surface area contributed by atoms with Gasteiger partial charge >= 0.3 is 18.0 Å². The molecule has 1 atom stereocenters. The van der Waals surface area contributed by atoms with Crippen molar-refractivity contribution >= 4 is 46.0 Å². The number of thiophene rings is 1. The maximum absolute atomic E-state index is 13.0. The molecule has 0 spiro atoms. The first-order valence-electron chi connectivity index (χ1n) is 9.58. The quantitative estimate of drug-likeness (QED) is 0.577. The molecule has 1 aliphatic rings. The first-order valence-corrected chi connectivity index (χ1v) is 10.8. The lowest BCUT2D eigenvalue weighted by Crippen LogP contribution is -2.41. The Balaban J connectivity index is 1.90. The molecule has 0 bridgehead atoms. The summed E-state index contributed by atoms with van der Waals surface area (Å²) in [5, 5.41) is 3.21. The van der Waals surface area contributed by atoms with E-state index in [-0.39, 0.29) is 17.1 Å². The number of methoxy groups -OCH3 is 1. The van der Waals surface area contributed by atoms with E-state index in [0.29, 0.717) is 34.2 Å². The first kappa shape index (κ1) is 22.7. The van der Waals surface area contributed by atoms with Gasteiger partial charge in [-0.25, -0.2) is 14.4 Å². The van der Waals surface area contributed by atoms with Crippen molar-refractivity contribution in [1.82, 2.24) is 4.90 Å². The summed E-state index contributed by atoms with van der Waals surface area (Å²) in [6, 6.07) is 5.33. The number of anilines is 1. The molecular formula is C20H23ClN4O5S. The molecule has 2 aromatic rings. The van der Waals surface area contributed by atoms with Gasteiger partial charge in [-0.2, -0.15) is 0 Å². The van der Waals surface area contributed by atoms with Crippen molar-refractivity contribution in [3.8, 4) is 16.2 Å². The van der Waals surface area contributed by atoms with E-state index in [9.17, 15) is 14.4 Å². The van der Waals surface area contributed by atoms with E-state index in [1.54, 1.807) is 24.3 Å². The molecule has 1 aromatic carbocycles. The van der Waals surface area contributed by atoms with Crippen molar-refractivity contribution in [2.45, 2.75) is 25.4 Å². The molecule has 31 heavy (non-hydrogen) atoms. The Labute approximate surface area is 188 Å². The number of rotatable bonds is 5. The summed E-state index contributed by atoms with van der Waals surface area (Å²) in [5.74, 6) is -0.0828. The second kappa shape index (κ2) is 9.88. The van der Waals surface area contributed by atoms with Gasteiger partial charge in [0.1, 0.15) is 16.9 Å². The number of halogens is 1. The predicted molar refractivity (Wildman–Crippen MR) is 119 cm³/mol. The number of carbonyl (C=O) groups is 3. The second-order valence-corrected chi connectivity index (χ2v) is 8.48. The largest absolute Gasteiger partial charge is 0.496 e. The highest BCUT2D eigenvalue weighted by Crippen LogP contribution is 2.41. The van der Waals surface area contributed by atoms with Crippen LogP contribution >= 0.6 is 22.9 Å². The van der Waals surface area contributed by atoms with Crippen molar-refractivity contribution in [2.75, 3.05) is 25.5 Å². The maximum atomic E-state index is 13.0. The van der Waals surface area contributed by atoms with Gasteiger partial charge in [0.2, 0.25) is 0 Å². The molecule has 3 rings (SSSR count). The molecule has 2 heterocycles. The molecule has 0 aliphatic carbocycles. The smallest absolute Gasteiger partial charge is 0.341 e. The standard InChI is InChI=1S/C20H23ClN4O5S/c1-29-15-6-5-11(21)8-13(15)16-9-14(17(31-16)24-19(22)27)18(26)30-12-4-2-3-7-25(10-12)20(23)28/h5-6,8-9,12H,2-4,7,10H2,1H3,(H2,23,28)(H3,22,24,27). The van der Waals surface area contributed by atoms with Crippen LogP contribution in [0.3, 0.4) is 0 Å². The third-order valence-electron chi connectivity index (χ3n) is 4.83. The lowest BCUT2D eigenvalue weighted by molar-refractivity contribution is 0.0242. The molecule has 4 amide bonds. The van der Waals surface area contributed by atoms with Gasteiger partial charge in [-0.15, -0.1) is 11.3 Å². The van der Waals surface area contributed by atoms with Crippen LogP contribution in [0.15, 0.2) is 24.3 Å². The molecule has 1 aliphatic heterocycles. The van der Waals surface area contributed by atoms with Crippen molar-refractivity contribution < 1.29 is 23.9 Å². The molecule has 0 radical (unpaired) electrons. The summed E-state index contributed by atoms with van der Waals surface area (Å²) in [7, 11) is 1.52. The number of nitrogens with two attached hydrogens (primary N) is 2. The van der Waals surface area contributed by atoms with Gasteiger partial charge in [0.15, 0.2) is 0 Å². The van der Waals surface area contributed by atoms with Gasteiger partial charge < -0.3 is 25.8 Å². The highest BCUT2D eigenvalue weighted by molar-refractivity contribution is 7.20. The average molecular weight is 467 g/mol. The van der Waals surface area contributed by atoms with E-state index in [0.717, 1.165) is 24.2 Å². The number of nitrogens with zero attached hydrogens (tertiary/aromatic N) is 1. The summed E-state index contributed by atoms with van der Waals surface area (Å²) in [5.41, 5.74) is 11.5. The van der Waals surface area contributed by atoms with Gasteiger partial charge in [-0.3, -0.25) is 5.32 Å². The van der Waals surface area contributed by atoms with Crippen LogP contribution in [0, 0.1) is 0 Å². The number of esters is 1. The number of hydrogen-bond acceptors (Lipinski definition) is 6. The van der Waals surface area contributed by atoms with E-state index in [1.807, 2.05) is 0 Å². The van der Waals surface area contributed by atoms with Crippen LogP contribution < -0.4 is 21.5 Å². The van der Waals surface area contributed by atoms with Crippen LogP contribution in [0.1, 0.15) is 29.6 Å². The van der Waals surface area contributed by atoms with E-state index in [4.69, 9.17) is 32.5 Å². The number of benzene rings is 1. The third kappa shape index (κ3) is 5.59. The van der Waals surface area contributed by atoms with E-state index in [2.05, 4.69) is 5.32 Å². The van der Waals surface area contributed by atoms with E-state index in [1.165, 1.54) is 12.0 Å². The number of likely N-dealkylation sites (tertiary alicyclic amines) is 1. The zero-order valence-electron chi connectivity index (χ0n) is 16.9. The number of ether oxygens (including phenoxy) is 2. The highest BCUT2D eigenvalue weighted by Gasteiger charge is 2.27. The number of primary amides is 2. The summed E-state index contributed by atoms with van der Waals surface area (Å²) >= 11 is 7.27. The van der Waals surface area contributed by atoms with Gasteiger partial charge in [0.05, 0.1) is 19.2 Å². The van der Waals surface area contributed by atoms with Gasteiger partial charge in [-0.1, -0.05) is 11.6 Å². The topological polar surface area (TPSA) is 137 Å². The summed E-state index contributed by atoms with van der Waals surface area (Å²) in [4.78, 5) is 38.1. The van der Waals surface area contributed by atoms with Gasteiger partial charge in [-0.05, 0) is 43.5 Å². The fourth-order valence-corrected chi connectivity index (χ4v) is 4.61. The van der Waals surface area contributed by atoms with Crippen LogP contribution in [-0.4, -0.2) is 49.2 Å². The normalized spacial score (nSPS) is 16.3. The summed E-state index contributed by atoms with van der Waals surface area (Å²) < 4.78 is 11.0. The molecule has 1 aromatic heterocycles. The summed E-state index contributed by atoms with van der Waals surface area (Å²) in [6.45, 7) is 0.744. The van der Waals surface area contributed by atoms with Gasteiger partial charge in [0, 0.05) is 22.0 Å². The molecule has 166 valence electrons. The molecule has 1 fully saturated rings. The lowest BCUT2D eigenvalue weighted by atomic mass is 10.1. The SMILES string of the molecule is COc1ccc(Cl)cc1-c1cc(C(=O)OC2CCCCN(C(N)=O)C2)c(NC(N)=O)s1. The van der Waals surface area contributed by atoms with Crippen LogP contribution in [0.25, 0.3) is 10.4 Å². The van der Waals surface area contributed by atoms with Crippen molar-refractivity contribution in [1.29, 1.82) is 0 Å². The van der Waals surface area contributed by atoms with Crippen molar-refractivity contribution in [3.05, 3.63) is 34.9 Å². The number of carbonyl (C=O) groups excluding carboxylic acids is 3. The zero-order chi connectivity index (χ0) is 22.5. The van der Waals surface area contributed by atoms with Crippen molar-refractivity contribution in [3.63, 3.8) is 0 Å². The Hall–Kier alpha value is -2.98. The number of nitrogens with one attached hydrogen (secondary N) is 1. The Morgan fingerprint density at radius 3 is 2.68 bits per heavy atom. The molecule has 11 heteroatoms. The average Bonchev–Trinajstić information content (AvgIpc) is 2.97. The van der Waals surface area contributed by atoms with E-state index < -0.39 is 24.1 Å². The van der Waals surface area contributed by atoms with Crippen LogP contribution in [-0.2, 0) is 4.74 Å². The van der Waals surface area contributed by atoms with Gasteiger partial charge in [0.25, 0.3) is 0 Å². The van der Waals surface area contributed by atoms with Crippen molar-refractivity contribution in [2.24, 2.45) is 11.5 Å². The molecule has 0 saturated carbocycles. The minimum absolute atomic E-state index is 0.149. The minimum Gasteiger partial charge on any atom is -0.496 e. The molecular weight excluding hydrogens is 444 g/mol. The van der Waals surface area contributed by atoms with E-state index >= 15 is 0 Å². The van der Waals surface area contributed by atoms with Crippen LogP contribution in [0.4, 0.5) is 14.6 Å². The number of hydrogen-bond donors (Lipinski definition) is 3. The Bertz CT molecular complexity index is 996. The first-order chi connectivity index (χ1) is 14.8. The molecule has 1 saturated heterocycles. The fourth-order valence-electron chi connectivity index (χ4n) is 3.37. The lowest BCUT2D eigenvalue weighted by Gasteiger charge is -2.22. The Morgan fingerprint density at radius 1 is 1.23 bits per heavy atom. The molecule has 1 unspecified atom stereocenters. The third-order valence-corrected chi connectivity index (χ3v) is 6.15. The second-order valence-electron chi connectivity index (χ2n) is 6.99. The molecule has 5 N–H and O–H groups in total. The van der Waals surface area contributed by atoms with Crippen LogP contribution in [0.2, 0.25) is 5.02 Å². The number of amides is 4. The monoisotopic (exact) mass is 466 g/mol. The maximum Gasteiger partial charge on any atom is 0.341 e. The fraction of sp³-hybridized carbons (Fsp3) is 0.350. The minimum atomic E-state index is -0.810. The van der Waals surface area contributed by atoms with Crippen LogP contribution in [0.5, 0.6) is 5.75 Å². The number of urea groups is 2. The highest BCUT2D eigenvalue weighted by atomic mass is 35.5. The Morgan fingerprint density at radius 2 is 2.00 bits per heavy atom.